The van der Waals surface area contributed by atoms with Gasteiger partial charge in [-0.1, -0.05) is 59.6 Å². The summed E-state index contributed by atoms with van der Waals surface area (Å²) in [5.74, 6) is 1.28. The Morgan fingerprint density at radius 3 is 2.54 bits per heavy atom. The van der Waals surface area contributed by atoms with Crippen LogP contribution < -0.4 is 14.2 Å². The molecule has 0 unspecified atom stereocenters. The first-order valence-electron chi connectivity index (χ1n) is 10.9. The van der Waals surface area contributed by atoms with Gasteiger partial charge in [-0.25, -0.2) is 0 Å². The van der Waals surface area contributed by atoms with Crippen LogP contribution in [0.1, 0.15) is 16.7 Å². The zero-order valence-corrected chi connectivity index (χ0v) is 20.9. The lowest BCUT2D eigenvalue weighted by Crippen LogP contribution is -2.32. The van der Waals surface area contributed by atoms with Gasteiger partial charge in [0, 0.05) is 0 Å². The first-order chi connectivity index (χ1) is 16.9. The molecule has 0 bridgehead atoms. The van der Waals surface area contributed by atoms with Crippen molar-refractivity contribution in [3.05, 3.63) is 93.3 Å². The molecule has 0 atom stereocenters. The number of para-hydroxylation sites is 1. The number of hydrogen-bond donors (Lipinski definition) is 0. The van der Waals surface area contributed by atoms with Crippen LogP contribution in [0.3, 0.4) is 0 Å². The molecule has 0 saturated carbocycles. The molecule has 8 heteroatoms. The molecule has 0 radical (unpaired) electrons. The van der Waals surface area contributed by atoms with E-state index in [1.807, 2.05) is 31.2 Å². The van der Waals surface area contributed by atoms with E-state index in [2.05, 4.69) is 6.07 Å². The van der Waals surface area contributed by atoms with Crippen molar-refractivity contribution in [2.45, 2.75) is 13.5 Å². The molecule has 0 spiro atoms. The van der Waals surface area contributed by atoms with E-state index in [1.54, 1.807) is 49.6 Å². The molecule has 180 valence electrons. The number of rotatable bonds is 9. The Kier molecular flexibility index (Phi) is 8.00. The minimum atomic E-state index is -0.360. The van der Waals surface area contributed by atoms with Crippen LogP contribution in [0, 0.1) is 6.92 Å². The standard InChI is InChI=1S/C27H24ClNO5S/c1-18-6-5-7-20(14-18)17-34-23-11-10-19(15-24(23)32-2)16-25-26(30)29(27(31)35-25)12-13-33-22-9-4-3-8-21(22)28/h3-11,14-16H,12-13,17H2,1-2H3/b25-16-. The predicted octanol–water partition coefficient (Wildman–Crippen LogP) is 6.35. The molecule has 2 amide bonds. The number of ether oxygens (including phenoxy) is 3. The fourth-order valence-electron chi connectivity index (χ4n) is 3.51. The highest BCUT2D eigenvalue weighted by Gasteiger charge is 2.34. The smallest absolute Gasteiger partial charge is 0.293 e. The Bertz CT molecular complexity index is 1280. The summed E-state index contributed by atoms with van der Waals surface area (Å²) in [7, 11) is 1.56. The van der Waals surface area contributed by atoms with Crippen LogP contribution in [0.5, 0.6) is 17.2 Å². The van der Waals surface area contributed by atoms with E-state index in [-0.39, 0.29) is 24.3 Å². The van der Waals surface area contributed by atoms with Crippen molar-refractivity contribution in [3.8, 4) is 17.2 Å². The second-order valence-electron chi connectivity index (χ2n) is 7.80. The van der Waals surface area contributed by atoms with Crippen LogP contribution in [-0.2, 0) is 11.4 Å². The van der Waals surface area contributed by atoms with E-state index < -0.39 is 0 Å². The van der Waals surface area contributed by atoms with Crippen LogP contribution in [0.2, 0.25) is 5.02 Å². The van der Waals surface area contributed by atoms with E-state index in [1.165, 1.54) is 4.90 Å². The molecule has 1 heterocycles. The lowest BCUT2D eigenvalue weighted by Gasteiger charge is -2.14. The van der Waals surface area contributed by atoms with Gasteiger partial charge in [0.05, 0.1) is 23.6 Å². The van der Waals surface area contributed by atoms with Crippen LogP contribution in [-0.4, -0.2) is 36.3 Å². The number of carbonyl (C=O) groups excluding carboxylic acids is 2. The lowest BCUT2D eigenvalue weighted by molar-refractivity contribution is -0.123. The second-order valence-corrected chi connectivity index (χ2v) is 9.20. The zero-order valence-electron chi connectivity index (χ0n) is 19.3. The molecule has 4 rings (SSSR count). The SMILES string of the molecule is COc1cc(/C=C2\SC(=O)N(CCOc3ccccc3Cl)C2=O)ccc1OCc1cccc(C)c1. The molecular formula is C27H24ClNO5S. The van der Waals surface area contributed by atoms with Gasteiger partial charge in [0.1, 0.15) is 19.0 Å². The van der Waals surface area contributed by atoms with Gasteiger partial charge in [-0.3, -0.25) is 14.5 Å². The number of methoxy groups -OCH3 is 1. The molecule has 0 aliphatic carbocycles. The average Bonchev–Trinajstić information content (AvgIpc) is 3.11. The molecule has 1 aliphatic rings. The quantitative estimate of drug-likeness (QED) is 0.313. The molecular weight excluding hydrogens is 486 g/mol. The van der Waals surface area contributed by atoms with Gasteiger partial charge < -0.3 is 14.2 Å². The van der Waals surface area contributed by atoms with Crippen molar-refractivity contribution in [1.82, 2.24) is 4.90 Å². The number of aryl methyl sites for hydroxylation is 1. The first kappa shape index (κ1) is 24.7. The van der Waals surface area contributed by atoms with Gasteiger partial charge in [-0.15, -0.1) is 0 Å². The third-order valence-electron chi connectivity index (χ3n) is 5.24. The molecule has 1 fully saturated rings. The third kappa shape index (κ3) is 6.18. The van der Waals surface area contributed by atoms with Crippen LogP contribution in [0.15, 0.2) is 71.6 Å². The van der Waals surface area contributed by atoms with Gasteiger partial charge >= 0.3 is 0 Å². The predicted molar refractivity (Wildman–Crippen MR) is 138 cm³/mol. The molecule has 0 aromatic heterocycles. The van der Waals surface area contributed by atoms with Crippen molar-refractivity contribution >= 4 is 40.6 Å². The summed E-state index contributed by atoms with van der Waals surface area (Å²) in [5, 5.41) is 0.135. The van der Waals surface area contributed by atoms with Gasteiger partial charge in [-0.2, -0.15) is 0 Å². The maximum absolute atomic E-state index is 12.8. The number of thioether (sulfide) groups is 1. The summed E-state index contributed by atoms with van der Waals surface area (Å²) in [5.41, 5.74) is 2.95. The van der Waals surface area contributed by atoms with Crippen LogP contribution in [0.25, 0.3) is 6.08 Å². The lowest BCUT2D eigenvalue weighted by atomic mass is 10.1. The monoisotopic (exact) mass is 509 g/mol. The van der Waals surface area contributed by atoms with E-state index in [0.29, 0.717) is 33.8 Å². The number of imide groups is 1. The molecule has 35 heavy (non-hydrogen) atoms. The summed E-state index contributed by atoms with van der Waals surface area (Å²) in [4.78, 5) is 26.7. The van der Waals surface area contributed by atoms with Gasteiger partial charge in [0.15, 0.2) is 11.5 Å². The number of amides is 2. The molecule has 6 nitrogen and oxygen atoms in total. The Morgan fingerprint density at radius 2 is 1.77 bits per heavy atom. The fraction of sp³-hybridized carbons (Fsp3) is 0.185. The van der Waals surface area contributed by atoms with E-state index in [4.69, 9.17) is 25.8 Å². The average molecular weight is 510 g/mol. The Labute approximate surface area is 213 Å². The van der Waals surface area contributed by atoms with E-state index >= 15 is 0 Å². The van der Waals surface area contributed by atoms with Crippen molar-refractivity contribution < 1.29 is 23.8 Å². The fourth-order valence-corrected chi connectivity index (χ4v) is 4.56. The Morgan fingerprint density at radius 1 is 0.943 bits per heavy atom. The maximum Gasteiger partial charge on any atom is 0.293 e. The molecule has 1 saturated heterocycles. The number of hydrogen-bond acceptors (Lipinski definition) is 6. The normalized spacial score (nSPS) is 14.5. The number of carbonyl (C=O) groups is 2. The minimum Gasteiger partial charge on any atom is -0.493 e. The van der Waals surface area contributed by atoms with Crippen molar-refractivity contribution in [3.63, 3.8) is 0 Å². The molecule has 0 N–H and O–H groups in total. The van der Waals surface area contributed by atoms with Gasteiger partial charge in [-0.05, 0) is 60.2 Å². The summed E-state index contributed by atoms with van der Waals surface area (Å²) in [6, 6.07) is 20.5. The summed E-state index contributed by atoms with van der Waals surface area (Å²) in [6.07, 6.45) is 1.67. The third-order valence-corrected chi connectivity index (χ3v) is 6.46. The van der Waals surface area contributed by atoms with Gasteiger partial charge in [0.25, 0.3) is 11.1 Å². The minimum absolute atomic E-state index is 0.127. The molecule has 3 aromatic carbocycles. The number of benzene rings is 3. The summed E-state index contributed by atoms with van der Waals surface area (Å²) < 4.78 is 17.0. The topological polar surface area (TPSA) is 65.1 Å². The number of nitrogens with zero attached hydrogens (tertiary/aromatic N) is 1. The van der Waals surface area contributed by atoms with Crippen molar-refractivity contribution in [2.24, 2.45) is 0 Å². The van der Waals surface area contributed by atoms with Crippen molar-refractivity contribution in [2.75, 3.05) is 20.3 Å². The zero-order chi connectivity index (χ0) is 24.8. The highest BCUT2D eigenvalue weighted by Crippen LogP contribution is 2.35. The Balaban J connectivity index is 1.40. The first-order valence-corrected chi connectivity index (χ1v) is 12.1. The summed E-state index contributed by atoms with van der Waals surface area (Å²) >= 11 is 6.98. The van der Waals surface area contributed by atoms with Gasteiger partial charge in [0.2, 0.25) is 0 Å². The number of halogens is 1. The highest BCUT2D eigenvalue weighted by molar-refractivity contribution is 8.18. The van der Waals surface area contributed by atoms with Crippen LogP contribution in [0.4, 0.5) is 4.79 Å². The second kappa shape index (κ2) is 11.3. The molecule has 3 aromatic rings. The van der Waals surface area contributed by atoms with Crippen LogP contribution >= 0.6 is 23.4 Å². The highest BCUT2D eigenvalue weighted by atomic mass is 35.5. The largest absolute Gasteiger partial charge is 0.493 e. The Hall–Kier alpha value is -3.42. The van der Waals surface area contributed by atoms with Crippen molar-refractivity contribution in [1.29, 1.82) is 0 Å². The van der Waals surface area contributed by atoms with E-state index in [9.17, 15) is 9.59 Å². The maximum atomic E-state index is 12.8. The summed E-state index contributed by atoms with van der Waals surface area (Å²) in [6.45, 7) is 2.72. The van der Waals surface area contributed by atoms with E-state index in [0.717, 1.165) is 28.5 Å². The molecule has 1 aliphatic heterocycles.